The highest BCUT2D eigenvalue weighted by molar-refractivity contribution is 5.23. The SMILES string of the molecule is CCc1ccc(CCCc2ccc(F)cc2)cc1. The minimum absolute atomic E-state index is 0.158. The standard InChI is InChI=1S/C17H19F/c1-2-14-6-8-15(9-7-14)4-3-5-16-10-12-17(18)13-11-16/h6-13H,2-5H2,1H3. The van der Waals surface area contributed by atoms with E-state index in [0.717, 1.165) is 25.7 Å². The summed E-state index contributed by atoms with van der Waals surface area (Å²) in [5.41, 5.74) is 3.98. The third-order valence-electron chi connectivity index (χ3n) is 3.28. The van der Waals surface area contributed by atoms with Crippen LogP contribution in [0, 0.1) is 5.82 Å². The molecule has 0 bridgehead atoms. The summed E-state index contributed by atoms with van der Waals surface area (Å²) in [6.07, 6.45) is 4.30. The van der Waals surface area contributed by atoms with Crippen molar-refractivity contribution in [2.24, 2.45) is 0 Å². The van der Waals surface area contributed by atoms with Crippen LogP contribution in [-0.2, 0) is 19.3 Å². The fourth-order valence-corrected chi connectivity index (χ4v) is 2.09. The molecule has 0 radical (unpaired) electrons. The third kappa shape index (κ3) is 3.69. The average molecular weight is 242 g/mol. The molecule has 0 aliphatic rings. The predicted octanol–water partition coefficient (Wildman–Crippen LogP) is 4.56. The number of rotatable bonds is 5. The van der Waals surface area contributed by atoms with Gasteiger partial charge in [0.05, 0.1) is 0 Å². The Morgan fingerprint density at radius 2 is 1.17 bits per heavy atom. The molecule has 0 amide bonds. The Bertz CT molecular complexity index is 468. The van der Waals surface area contributed by atoms with Crippen LogP contribution in [0.15, 0.2) is 48.5 Å². The number of aryl methyl sites for hydroxylation is 3. The van der Waals surface area contributed by atoms with E-state index in [-0.39, 0.29) is 5.82 Å². The van der Waals surface area contributed by atoms with Gasteiger partial charge in [0.1, 0.15) is 5.82 Å². The highest BCUT2D eigenvalue weighted by Gasteiger charge is 1.97. The quantitative estimate of drug-likeness (QED) is 0.720. The molecule has 0 nitrogen and oxygen atoms in total. The van der Waals surface area contributed by atoms with Gasteiger partial charge in [-0.25, -0.2) is 4.39 Å². The fraction of sp³-hybridized carbons (Fsp3) is 0.294. The van der Waals surface area contributed by atoms with Gasteiger partial charge in [0, 0.05) is 0 Å². The van der Waals surface area contributed by atoms with E-state index >= 15 is 0 Å². The van der Waals surface area contributed by atoms with Crippen LogP contribution in [0.4, 0.5) is 4.39 Å². The normalized spacial score (nSPS) is 10.6. The lowest BCUT2D eigenvalue weighted by Crippen LogP contribution is -1.91. The van der Waals surface area contributed by atoms with Gasteiger partial charge in [0.25, 0.3) is 0 Å². The molecule has 0 heterocycles. The van der Waals surface area contributed by atoms with Crippen molar-refractivity contribution in [2.75, 3.05) is 0 Å². The van der Waals surface area contributed by atoms with Crippen molar-refractivity contribution >= 4 is 0 Å². The van der Waals surface area contributed by atoms with Crippen LogP contribution in [0.1, 0.15) is 30.0 Å². The van der Waals surface area contributed by atoms with Crippen molar-refractivity contribution in [3.63, 3.8) is 0 Å². The minimum atomic E-state index is -0.158. The van der Waals surface area contributed by atoms with E-state index in [4.69, 9.17) is 0 Å². The highest BCUT2D eigenvalue weighted by atomic mass is 19.1. The lowest BCUT2D eigenvalue weighted by atomic mass is 10.0. The van der Waals surface area contributed by atoms with Crippen LogP contribution in [0.25, 0.3) is 0 Å². The lowest BCUT2D eigenvalue weighted by Gasteiger charge is -2.03. The lowest BCUT2D eigenvalue weighted by molar-refractivity contribution is 0.626. The van der Waals surface area contributed by atoms with Gasteiger partial charge in [-0.05, 0) is 54.5 Å². The van der Waals surface area contributed by atoms with Gasteiger partial charge in [0.15, 0.2) is 0 Å². The molecule has 0 N–H and O–H groups in total. The summed E-state index contributed by atoms with van der Waals surface area (Å²) in [5.74, 6) is -0.158. The molecular weight excluding hydrogens is 223 g/mol. The van der Waals surface area contributed by atoms with Crippen molar-refractivity contribution < 1.29 is 4.39 Å². The van der Waals surface area contributed by atoms with E-state index in [0.29, 0.717) is 0 Å². The van der Waals surface area contributed by atoms with Crippen molar-refractivity contribution in [3.8, 4) is 0 Å². The first-order chi connectivity index (χ1) is 8.78. The van der Waals surface area contributed by atoms with Crippen LogP contribution in [-0.4, -0.2) is 0 Å². The summed E-state index contributed by atoms with van der Waals surface area (Å²) in [5, 5.41) is 0. The topological polar surface area (TPSA) is 0 Å². The monoisotopic (exact) mass is 242 g/mol. The van der Waals surface area contributed by atoms with E-state index < -0.39 is 0 Å². The molecule has 0 aliphatic carbocycles. The summed E-state index contributed by atoms with van der Waals surface area (Å²) >= 11 is 0. The van der Waals surface area contributed by atoms with Crippen LogP contribution in [0.3, 0.4) is 0 Å². The van der Waals surface area contributed by atoms with Gasteiger partial charge in [0.2, 0.25) is 0 Å². The van der Waals surface area contributed by atoms with Gasteiger partial charge < -0.3 is 0 Å². The summed E-state index contributed by atoms with van der Waals surface area (Å²) in [4.78, 5) is 0. The Hall–Kier alpha value is -1.63. The molecule has 0 spiro atoms. The molecule has 0 fully saturated rings. The molecule has 0 aromatic heterocycles. The molecular formula is C17H19F. The molecule has 2 aromatic carbocycles. The number of halogens is 1. The zero-order valence-electron chi connectivity index (χ0n) is 10.8. The molecule has 94 valence electrons. The molecule has 18 heavy (non-hydrogen) atoms. The van der Waals surface area contributed by atoms with Crippen LogP contribution in [0.5, 0.6) is 0 Å². The second-order valence-corrected chi connectivity index (χ2v) is 4.65. The zero-order valence-corrected chi connectivity index (χ0v) is 10.8. The number of hydrogen-bond donors (Lipinski definition) is 0. The third-order valence-corrected chi connectivity index (χ3v) is 3.28. The van der Waals surface area contributed by atoms with Gasteiger partial charge in [-0.2, -0.15) is 0 Å². The maximum absolute atomic E-state index is 12.7. The molecule has 0 saturated heterocycles. The van der Waals surface area contributed by atoms with Crippen LogP contribution in [0.2, 0.25) is 0 Å². The molecule has 2 aromatic rings. The maximum atomic E-state index is 12.7. The predicted molar refractivity (Wildman–Crippen MR) is 74.2 cm³/mol. The van der Waals surface area contributed by atoms with E-state index in [2.05, 4.69) is 31.2 Å². The van der Waals surface area contributed by atoms with E-state index in [1.54, 1.807) is 0 Å². The first-order valence-corrected chi connectivity index (χ1v) is 6.60. The number of hydrogen-bond acceptors (Lipinski definition) is 0. The average Bonchev–Trinajstić information content (AvgIpc) is 2.42. The second kappa shape index (κ2) is 6.34. The van der Waals surface area contributed by atoms with Crippen LogP contribution >= 0.6 is 0 Å². The fourth-order valence-electron chi connectivity index (χ4n) is 2.09. The van der Waals surface area contributed by atoms with E-state index in [1.807, 2.05) is 12.1 Å². The maximum Gasteiger partial charge on any atom is 0.123 e. The van der Waals surface area contributed by atoms with E-state index in [9.17, 15) is 4.39 Å². The summed E-state index contributed by atoms with van der Waals surface area (Å²) in [6, 6.07) is 15.6. The smallest absolute Gasteiger partial charge is 0.123 e. The van der Waals surface area contributed by atoms with Crippen LogP contribution < -0.4 is 0 Å². The molecule has 0 aliphatic heterocycles. The summed E-state index contributed by atoms with van der Waals surface area (Å²) in [6.45, 7) is 2.17. The van der Waals surface area contributed by atoms with Crippen molar-refractivity contribution in [3.05, 3.63) is 71.0 Å². The zero-order chi connectivity index (χ0) is 12.8. The van der Waals surface area contributed by atoms with Gasteiger partial charge in [-0.3, -0.25) is 0 Å². The Morgan fingerprint density at radius 3 is 1.67 bits per heavy atom. The summed E-state index contributed by atoms with van der Waals surface area (Å²) in [7, 11) is 0. The van der Waals surface area contributed by atoms with Crippen molar-refractivity contribution in [2.45, 2.75) is 32.6 Å². The molecule has 1 heteroatoms. The number of benzene rings is 2. The molecule has 0 saturated carbocycles. The molecule has 2 rings (SSSR count). The molecule has 0 atom stereocenters. The van der Waals surface area contributed by atoms with Crippen molar-refractivity contribution in [1.82, 2.24) is 0 Å². The first-order valence-electron chi connectivity index (χ1n) is 6.60. The minimum Gasteiger partial charge on any atom is -0.207 e. The largest absolute Gasteiger partial charge is 0.207 e. The first kappa shape index (κ1) is 12.8. The van der Waals surface area contributed by atoms with E-state index in [1.165, 1.54) is 28.8 Å². The Morgan fingerprint density at radius 1 is 0.722 bits per heavy atom. The Balaban J connectivity index is 1.82. The highest BCUT2D eigenvalue weighted by Crippen LogP contribution is 2.11. The Kier molecular flexibility index (Phi) is 4.52. The second-order valence-electron chi connectivity index (χ2n) is 4.65. The molecule has 0 unspecified atom stereocenters. The Labute approximate surface area is 108 Å². The van der Waals surface area contributed by atoms with Gasteiger partial charge in [-0.1, -0.05) is 43.3 Å². The van der Waals surface area contributed by atoms with Crippen molar-refractivity contribution in [1.29, 1.82) is 0 Å². The van der Waals surface area contributed by atoms with Gasteiger partial charge in [-0.15, -0.1) is 0 Å². The summed E-state index contributed by atoms with van der Waals surface area (Å²) < 4.78 is 12.7. The van der Waals surface area contributed by atoms with Gasteiger partial charge >= 0.3 is 0 Å².